The van der Waals surface area contributed by atoms with Crippen molar-refractivity contribution in [1.82, 2.24) is 10.2 Å². The molecule has 0 spiro atoms. The predicted molar refractivity (Wildman–Crippen MR) is 59.4 cm³/mol. The Kier molecular flexibility index (Phi) is 1.59. The van der Waals surface area contributed by atoms with Crippen molar-refractivity contribution in [3.05, 3.63) is 30.0 Å². The minimum Gasteiger partial charge on any atom is -0.325 e. The fourth-order valence-corrected chi connectivity index (χ4v) is 2.81. The summed E-state index contributed by atoms with van der Waals surface area (Å²) in [5.74, 6) is 0. The Balaban J connectivity index is 2.51. The Bertz CT molecular complexity index is 593. The van der Waals surface area contributed by atoms with Crippen LogP contribution in [0, 0.1) is 0 Å². The van der Waals surface area contributed by atoms with E-state index in [2.05, 4.69) is 22.3 Å². The average molecular weight is 203 g/mol. The molecule has 0 aliphatic heterocycles. The van der Waals surface area contributed by atoms with Gasteiger partial charge < -0.3 is 5.73 Å². The van der Waals surface area contributed by atoms with E-state index in [0.29, 0.717) is 6.54 Å². The normalized spacial score (nSPS) is 11.5. The number of fused-ring (bicyclic) bond motifs is 3. The minimum absolute atomic E-state index is 0.517. The first-order chi connectivity index (χ1) is 6.90. The molecule has 2 aromatic heterocycles. The number of nitrogens with one attached hydrogen (secondary N) is 1. The number of H-pyrrole nitrogens is 1. The molecule has 0 aliphatic rings. The van der Waals surface area contributed by atoms with Gasteiger partial charge in [-0.2, -0.15) is 5.10 Å². The molecule has 14 heavy (non-hydrogen) atoms. The number of aromatic nitrogens is 2. The van der Waals surface area contributed by atoms with Crippen molar-refractivity contribution in [3.8, 4) is 0 Å². The first-order valence-electron chi connectivity index (χ1n) is 4.44. The molecule has 0 fully saturated rings. The van der Waals surface area contributed by atoms with Gasteiger partial charge in [0.2, 0.25) is 0 Å². The zero-order valence-corrected chi connectivity index (χ0v) is 8.27. The number of hydrogen-bond donors (Lipinski definition) is 2. The molecule has 3 nitrogen and oxygen atoms in total. The summed E-state index contributed by atoms with van der Waals surface area (Å²) in [4.78, 5) is 0. The smallest absolute Gasteiger partial charge is 0.111 e. The van der Waals surface area contributed by atoms with Crippen molar-refractivity contribution in [2.45, 2.75) is 6.54 Å². The van der Waals surface area contributed by atoms with Crippen molar-refractivity contribution in [1.29, 1.82) is 0 Å². The number of thiophene rings is 1. The van der Waals surface area contributed by atoms with E-state index in [1.165, 1.54) is 14.8 Å². The van der Waals surface area contributed by atoms with E-state index in [-0.39, 0.29) is 0 Å². The first-order valence-corrected chi connectivity index (χ1v) is 5.26. The third-order valence-electron chi connectivity index (χ3n) is 2.35. The molecule has 0 unspecified atom stereocenters. The summed E-state index contributed by atoms with van der Waals surface area (Å²) in [5.41, 5.74) is 7.69. The number of nitrogens with zero attached hydrogens (tertiary/aromatic N) is 1. The van der Waals surface area contributed by atoms with Gasteiger partial charge in [0.05, 0.1) is 10.4 Å². The second kappa shape index (κ2) is 2.80. The van der Waals surface area contributed by atoms with Gasteiger partial charge in [0, 0.05) is 16.6 Å². The largest absolute Gasteiger partial charge is 0.325 e. The highest BCUT2D eigenvalue weighted by Gasteiger charge is 2.10. The third-order valence-corrected chi connectivity index (χ3v) is 3.57. The summed E-state index contributed by atoms with van der Waals surface area (Å²) in [6.07, 6.45) is 0. The number of aromatic amines is 1. The number of rotatable bonds is 1. The fraction of sp³-hybridized carbons (Fsp3) is 0.100. The molecule has 3 rings (SSSR count). The van der Waals surface area contributed by atoms with Crippen molar-refractivity contribution in [2.75, 3.05) is 0 Å². The predicted octanol–water partition coefficient (Wildman–Crippen LogP) is 2.24. The molecular weight excluding hydrogens is 194 g/mol. The Labute approximate surface area is 84.5 Å². The fourth-order valence-electron chi connectivity index (χ4n) is 1.66. The molecule has 0 radical (unpaired) electrons. The highest BCUT2D eigenvalue weighted by Crippen LogP contribution is 2.33. The lowest BCUT2D eigenvalue weighted by molar-refractivity contribution is 0.960. The number of nitrogens with two attached hydrogens (primary N) is 1. The van der Waals surface area contributed by atoms with E-state index < -0.39 is 0 Å². The van der Waals surface area contributed by atoms with Gasteiger partial charge in [0.25, 0.3) is 0 Å². The summed E-state index contributed by atoms with van der Waals surface area (Å²) in [7, 11) is 0. The molecule has 0 aliphatic carbocycles. The maximum Gasteiger partial charge on any atom is 0.111 e. The van der Waals surface area contributed by atoms with Crippen LogP contribution >= 0.6 is 11.3 Å². The summed E-state index contributed by atoms with van der Waals surface area (Å²) < 4.78 is 2.46. The zero-order valence-electron chi connectivity index (χ0n) is 7.45. The van der Waals surface area contributed by atoms with E-state index in [9.17, 15) is 0 Å². The second-order valence-corrected chi connectivity index (χ2v) is 4.23. The molecule has 1 aromatic carbocycles. The van der Waals surface area contributed by atoms with Crippen LogP contribution in [0.15, 0.2) is 24.3 Å². The monoisotopic (exact) mass is 203 g/mol. The van der Waals surface area contributed by atoms with Crippen LogP contribution in [0.1, 0.15) is 5.69 Å². The van der Waals surface area contributed by atoms with Gasteiger partial charge in [-0.3, -0.25) is 5.10 Å². The van der Waals surface area contributed by atoms with Gasteiger partial charge in [-0.1, -0.05) is 18.2 Å². The highest BCUT2D eigenvalue weighted by molar-refractivity contribution is 7.25. The maximum atomic E-state index is 5.62. The molecular formula is C10H9N3S. The lowest BCUT2D eigenvalue weighted by atomic mass is 10.2. The summed E-state index contributed by atoms with van der Waals surface area (Å²) in [6, 6.07) is 8.28. The Morgan fingerprint density at radius 3 is 3.07 bits per heavy atom. The van der Waals surface area contributed by atoms with Crippen LogP contribution in [0.25, 0.3) is 20.3 Å². The summed E-state index contributed by atoms with van der Waals surface area (Å²) in [6.45, 7) is 0.517. The molecule has 3 aromatic rings. The van der Waals surface area contributed by atoms with E-state index in [1.54, 1.807) is 11.3 Å². The van der Waals surface area contributed by atoms with Crippen molar-refractivity contribution < 1.29 is 0 Å². The van der Waals surface area contributed by atoms with Crippen LogP contribution in [0.5, 0.6) is 0 Å². The average Bonchev–Trinajstić information content (AvgIpc) is 2.75. The summed E-state index contributed by atoms with van der Waals surface area (Å²) >= 11 is 1.75. The van der Waals surface area contributed by atoms with Crippen LogP contribution in [-0.4, -0.2) is 10.2 Å². The summed E-state index contributed by atoms with van der Waals surface area (Å²) in [5, 5.41) is 8.47. The topological polar surface area (TPSA) is 54.7 Å². The van der Waals surface area contributed by atoms with Crippen LogP contribution < -0.4 is 5.73 Å². The van der Waals surface area contributed by atoms with E-state index >= 15 is 0 Å². The zero-order chi connectivity index (χ0) is 9.54. The molecule has 3 N–H and O–H groups in total. The molecule has 0 saturated heterocycles. The van der Waals surface area contributed by atoms with Crippen LogP contribution in [0.4, 0.5) is 0 Å². The van der Waals surface area contributed by atoms with Gasteiger partial charge in [0.1, 0.15) is 5.52 Å². The highest BCUT2D eigenvalue weighted by atomic mass is 32.1. The van der Waals surface area contributed by atoms with Crippen molar-refractivity contribution >= 4 is 31.6 Å². The van der Waals surface area contributed by atoms with Gasteiger partial charge in [-0.25, -0.2) is 0 Å². The van der Waals surface area contributed by atoms with Crippen LogP contribution in [0.2, 0.25) is 0 Å². The van der Waals surface area contributed by atoms with Gasteiger partial charge in [-0.05, 0) is 6.07 Å². The van der Waals surface area contributed by atoms with Crippen molar-refractivity contribution in [2.24, 2.45) is 5.73 Å². The first kappa shape index (κ1) is 7.96. The quantitative estimate of drug-likeness (QED) is 0.637. The molecule has 0 saturated carbocycles. The molecule has 70 valence electrons. The van der Waals surface area contributed by atoms with Gasteiger partial charge >= 0.3 is 0 Å². The van der Waals surface area contributed by atoms with Crippen molar-refractivity contribution in [3.63, 3.8) is 0 Å². The molecule has 4 heteroatoms. The molecule has 2 heterocycles. The minimum atomic E-state index is 0.517. The second-order valence-electron chi connectivity index (χ2n) is 3.18. The standard InChI is InChI=1S/C10H9N3S/c11-5-7-10-9(13-12-7)6-3-1-2-4-8(6)14-10/h1-4H,5,11H2,(H,12,13). The molecule has 0 atom stereocenters. The number of benzene rings is 1. The Hall–Kier alpha value is -1.39. The van der Waals surface area contributed by atoms with Gasteiger partial charge in [0.15, 0.2) is 0 Å². The van der Waals surface area contributed by atoms with Crippen LogP contribution in [0.3, 0.4) is 0 Å². The number of hydrogen-bond acceptors (Lipinski definition) is 3. The van der Waals surface area contributed by atoms with E-state index in [0.717, 1.165) is 11.2 Å². The molecule has 0 bridgehead atoms. The Morgan fingerprint density at radius 2 is 2.21 bits per heavy atom. The Morgan fingerprint density at radius 1 is 1.36 bits per heavy atom. The lowest BCUT2D eigenvalue weighted by Crippen LogP contribution is -1.95. The maximum absolute atomic E-state index is 5.62. The third kappa shape index (κ3) is 0.921. The van der Waals surface area contributed by atoms with Gasteiger partial charge in [-0.15, -0.1) is 11.3 Å². The van der Waals surface area contributed by atoms with Crippen LogP contribution in [-0.2, 0) is 6.54 Å². The SMILES string of the molecule is NCc1[nH]nc2c1sc1ccccc12. The lowest BCUT2D eigenvalue weighted by Gasteiger charge is -1.86. The van der Waals surface area contributed by atoms with E-state index in [4.69, 9.17) is 5.73 Å². The van der Waals surface area contributed by atoms with E-state index in [1.807, 2.05) is 12.1 Å². The molecule has 0 amide bonds.